The van der Waals surface area contributed by atoms with Crippen molar-refractivity contribution in [3.8, 4) is 5.75 Å². The van der Waals surface area contributed by atoms with Gasteiger partial charge in [-0.15, -0.1) is 0 Å². The average molecular weight is 426 g/mol. The van der Waals surface area contributed by atoms with Gasteiger partial charge in [0.05, 0.1) is 18.7 Å². The molecule has 1 heterocycles. The summed E-state index contributed by atoms with van der Waals surface area (Å²) in [5.41, 5.74) is 3.36. The molecule has 0 saturated heterocycles. The molecular weight excluding hydrogens is 402 g/mol. The second-order valence-corrected chi connectivity index (χ2v) is 7.16. The monoisotopic (exact) mass is 425 g/mol. The summed E-state index contributed by atoms with van der Waals surface area (Å²) < 4.78 is 10.7. The Morgan fingerprint density at radius 1 is 1.10 bits per heavy atom. The molecule has 0 unspecified atom stereocenters. The number of rotatable bonds is 6. The van der Waals surface area contributed by atoms with E-state index in [0.717, 1.165) is 11.3 Å². The van der Waals surface area contributed by atoms with Crippen molar-refractivity contribution in [1.29, 1.82) is 0 Å². The maximum absolute atomic E-state index is 12.4. The van der Waals surface area contributed by atoms with Crippen LogP contribution in [-0.4, -0.2) is 30.7 Å². The molecule has 1 aliphatic rings. The summed E-state index contributed by atoms with van der Waals surface area (Å²) >= 11 is 5.26. The molecular formula is C22H23N3O4S. The molecule has 1 aliphatic heterocycles. The Hall–Kier alpha value is -3.39. The summed E-state index contributed by atoms with van der Waals surface area (Å²) in [4.78, 5) is 24.8. The molecule has 7 nitrogen and oxygen atoms in total. The Kier molecular flexibility index (Phi) is 6.68. The number of ether oxygens (including phenoxy) is 2. The molecule has 3 N–H and O–H groups in total. The van der Waals surface area contributed by atoms with Gasteiger partial charge in [0.15, 0.2) is 11.7 Å². The molecule has 0 spiro atoms. The molecule has 8 heteroatoms. The lowest BCUT2D eigenvalue weighted by atomic mass is 9.95. The lowest BCUT2D eigenvalue weighted by Gasteiger charge is -2.30. The standard InChI is InChI=1S/C22H23N3O4S/c1-13-8-4-6-10-16(13)24-18(26)12-29-17-11-7-5-9-15(17)20-19(21(27)28-3)14(2)23-22(30)25-20/h4-11,20H,12H2,1-3H3,(H,24,26)(H2,23,25,30)/t20-/m0/s1. The van der Waals surface area contributed by atoms with Crippen molar-refractivity contribution in [2.75, 3.05) is 19.0 Å². The summed E-state index contributed by atoms with van der Waals surface area (Å²) in [6.45, 7) is 3.49. The van der Waals surface area contributed by atoms with Gasteiger partial charge in [0.2, 0.25) is 0 Å². The Bertz CT molecular complexity index is 1020. The fourth-order valence-electron chi connectivity index (χ4n) is 3.20. The van der Waals surface area contributed by atoms with Crippen LogP contribution in [-0.2, 0) is 14.3 Å². The Morgan fingerprint density at radius 3 is 2.53 bits per heavy atom. The highest BCUT2D eigenvalue weighted by atomic mass is 32.1. The SMILES string of the molecule is COC(=O)C1=C(C)NC(=S)N[C@H]1c1ccccc1OCC(=O)Nc1ccccc1C. The number of para-hydroxylation sites is 2. The Labute approximate surface area is 180 Å². The first kappa shape index (κ1) is 21.3. The summed E-state index contributed by atoms with van der Waals surface area (Å²) in [7, 11) is 1.32. The topological polar surface area (TPSA) is 88.7 Å². The third-order valence-electron chi connectivity index (χ3n) is 4.68. The zero-order chi connectivity index (χ0) is 21.7. The number of amides is 1. The molecule has 2 aromatic rings. The van der Waals surface area contributed by atoms with Crippen LogP contribution in [0.4, 0.5) is 5.69 Å². The maximum Gasteiger partial charge on any atom is 0.337 e. The van der Waals surface area contributed by atoms with Gasteiger partial charge in [0.25, 0.3) is 5.91 Å². The van der Waals surface area contributed by atoms with Crippen LogP contribution in [0, 0.1) is 6.92 Å². The Balaban J connectivity index is 1.81. The lowest BCUT2D eigenvalue weighted by molar-refractivity contribution is -0.136. The van der Waals surface area contributed by atoms with Gasteiger partial charge in [-0.1, -0.05) is 36.4 Å². The van der Waals surface area contributed by atoms with Crippen molar-refractivity contribution in [2.24, 2.45) is 0 Å². The first-order valence-corrected chi connectivity index (χ1v) is 9.75. The zero-order valence-corrected chi connectivity index (χ0v) is 17.8. The van der Waals surface area contributed by atoms with Gasteiger partial charge in [0.1, 0.15) is 5.75 Å². The summed E-state index contributed by atoms with van der Waals surface area (Å²) in [5, 5.41) is 9.25. The van der Waals surface area contributed by atoms with Crippen molar-refractivity contribution in [2.45, 2.75) is 19.9 Å². The van der Waals surface area contributed by atoms with Crippen LogP contribution in [0.3, 0.4) is 0 Å². The first-order valence-electron chi connectivity index (χ1n) is 9.34. The highest BCUT2D eigenvalue weighted by Gasteiger charge is 2.32. The number of esters is 1. The molecule has 0 aromatic heterocycles. The number of anilines is 1. The number of benzene rings is 2. The Morgan fingerprint density at radius 2 is 1.80 bits per heavy atom. The predicted molar refractivity (Wildman–Crippen MR) is 118 cm³/mol. The number of thiocarbonyl (C=S) groups is 1. The third kappa shape index (κ3) is 4.77. The van der Waals surface area contributed by atoms with E-state index < -0.39 is 12.0 Å². The highest BCUT2D eigenvalue weighted by molar-refractivity contribution is 7.80. The molecule has 1 amide bonds. The number of carbonyl (C=O) groups excluding carboxylic acids is 2. The van der Waals surface area contributed by atoms with E-state index >= 15 is 0 Å². The van der Waals surface area contributed by atoms with Gasteiger partial charge < -0.3 is 25.4 Å². The fourth-order valence-corrected chi connectivity index (χ4v) is 3.47. The van der Waals surface area contributed by atoms with E-state index in [9.17, 15) is 9.59 Å². The molecule has 0 bridgehead atoms. The van der Waals surface area contributed by atoms with E-state index in [0.29, 0.717) is 27.7 Å². The molecule has 0 aliphatic carbocycles. The summed E-state index contributed by atoms with van der Waals surface area (Å²) in [5.74, 6) is -0.297. The average Bonchev–Trinajstić information content (AvgIpc) is 2.73. The number of aryl methyl sites for hydroxylation is 1. The van der Waals surface area contributed by atoms with Gasteiger partial charge in [0, 0.05) is 16.9 Å². The lowest BCUT2D eigenvalue weighted by Crippen LogP contribution is -2.45. The number of nitrogens with one attached hydrogen (secondary N) is 3. The second kappa shape index (κ2) is 9.41. The largest absolute Gasteiger partial charge is 0.483 e. The summed E-state index contributed by atoms with van der Waals surface area (Å²) in [6, 6.07) is 14.1. The molecule has 2 aromatic carbocycles. The first-order chi connectivity index (χ1) is 14.4. The molecule has 3 rings (SSSR count). The minimum absolute atomic E-state index is 0.184. The minimum Gasteiger partial charge on any atom is -0.483 e. The predicted octanol–water partition coefficient (Wildman–Crippen LogP) is 2.98. The van der Waals surface area contributed by atoms with Crippen molar-refractivity contribution >= 4 is 34.9 Å². The third-order valence-corrected chi connectivity index (χ3v) is 4.90. The maximum atomic E-state index is 12.4. The molecule has 0 fully saturated rings. The van der Waals surface area contributed by atoms with Gasteiger partial charge in [-0.2, -0.15) is 0 Å². The van der Waals surface area contributed by atoms with E-state index in [-0.39, 0.29) is 12.5 Å². The highest BCUT2D eigenvalue weighted by Crippen LogP contribution is 2.33. The number of hydrogen-bond acceptors (Lipinski definition) is 5. The van der Waals surface area contributed by atoms with E-state index in [1.165, 1.54) is 7.11 Å². The number of methoxy groups -OCH3 is 1. The molecule has 1 atom stereocenters. The zero-order valence-electron chi connectivity index (χ0n) is 16.9. The normalized spacial score (nSPS) is 15.7. The van der Waals surface area contributed by atoms with Crippen molar-refractivity contribution < 1.29 is 19.1 Å². The number of carbonyl (C=O) groups is 2. The van der Waals surface area contributed by atoms with E-state index in [4.69, 9.17) is 21.7 Å². The van der Waals surface area contributed by atoms with Crippen molar-refractivity contribution in [3.63, 3.8) is 0 Å². The smallest absolute Gasteiger partial charge is 0.337 e. The summed E-state index contributed by atoms with van der Waals surface area (Å²) in [6.07, 6.45) is 0. The van der Waals surface area contributed by atoms with Gasteiger partial charge >= 0.3 is 5.97 Å². The van der Waals surface area contributed by atoms with Crippen LogP contribution in [0.2, 0.25) is 0 Å². The fraction of sp³-hybridized carbons (Fsp3) is 0.227. The minimum atomic E-state index is -0.568. The van der Waals surface area contributed by atoms with Crippen LogP contribution in [0.5, 0.6) is 5.75 Å². The van der Waals surface area contributed by atoms with Crippen molar-refractivity contribution in [1.82, 2.24) is 10.6 Å². The number of hydrogen-bond donors (Lipinski definition) is 3. The van der Waals surface area contributed by atoms with Gasteiger partial charge in [-0.25, -0.2) is 4.79 Å². The van der Waals surface area contributed by atoms with Crippen LogP contribution in [0.1, 0.15) is 24.1 Å². The van der Waals surface area contributed by atoms with Crippen LogP contribution < -0.4 is 20.7 Å². The van der Waals surface area contributed by atoms with Crippen LogP contribution in [0.15, 0.2) is 59.8 Å². The molecule has 156 valence electrons. The van der Waals surface area contributed by atoms with Crippen LogP contribution >= 0.6 is 12.2 Å². The van der Waals surface area contributed by atoms with Crippen molar-refractivity contribution in [3.05, 3.63) is 70.9 Å². The number of allylic oxidation sites excluding steroid dienone is 1. The van der Waals surface area contributed by atoms with Gasteiger partial charge in [-0.05, 0) is 43.8 Å². The molecule has 0 radical (unpaired) electrons. The molecule has 0 saturated carbocycles. The van der Waals surface area contributed by atoms with Gasteiger partial charge in [-0.3, -0.25) is 4.79 Å². The van der Waals surface area contributed by atoms with E-state index in [1.54, 1.807) is 19.1 Å². The van der Waals surface area contributed by atoms with E-state index in [1.807, 2.05) is 43.3 Å². The van der Waals surface area contributed by atoms with Crippen LogP contribution in [0.25, 0.3) is 0 Å². The van der Waals surface area contributed by atoms with E-state index in [2.05, 4.69) is 16.0 Å². The quantitative estimate of drug-likeness (QED) is 0.484. The molecule has 30 heavy (non-hydrogen) atoms. The second-order valence-electron chi connectivity index (χ2n) is 6.75.